The smallest absolute Gasteiger partial charge is 0.244 e. The minimum Gasteiger partial charge on any atom is -0.496 e. The molecule has 0 bridgehead atoms. The maximum atomic E-state index is 12.7. The predicted octanol–water partition coefficient (Wildman–Crippen LogP) is 6.23. The van der Waals surface area contributed by atoms with E-state index in [1.165, 1.54) is 0 Å². The quantitative estimate of drug-likeness (QED) is 0.330. The van der Waals surface area contributed by atoms with E-state index in [0.717, 1.165) is 44.5 Å². The number of carbonyl (C=O) groups excluding carboxylic acids is 1. The lowest BCUT2D eigenvalue weighted by Gasteiger charge is -2.12. The average Bonchev–Trinajstić information content (AvgIpc) is 3.26. The van der Waals surface area contributed by atoms with E-state index in [1.807, 2.05) is 68.4 Å². The standard InChI is InChI=1S/C28H27NO4/c1-4-32-26-16-27-23(24(18-33-27)20-10-6-5-7-11-20)15-22(26)19(2)14-28(30)29-17-21-12-8-9-13-25(21)31-3/h5-16,18H,4,17H2,1-3H3,(H,29,30)/b19-14+. The molecule has 0 spiro atoms. The molecular formula is C28H27NO4. The second-order valence-electron chi connectivity index (χ2n) is 7.65. The van der Waals surface area contributed by atoms with Crippen LogP contribution in [0.25, 0.3) is 27.7 Å². The van der Waals surface area contributed by atoms with Gasteiger partial charge in [0.1, 0.15) is 17.1 Å². The van der Waals surface area contributed by atoms with Gasteiger partial charge in [0.2, 0.25) is 5.91 Å². The fraction of sp³-hybridized carbons (Fsp3) is 0.179. The highest BCUT2D eigenvalue weighted by Gasteiger charge is 2.15. The van der Waals surface area contributed by atoms with Gasteiger partial charge < -0.3 is 19.2 Å². The number of nitrogens with one attached hydrogen (secondary N) is 1. The van der Waals surface area contributed by atoms with Gasteiger partial charge in [0, 0.05) is 40.8 Å². The summed E-state index contributed by atoms with van der Waals surface area (Å²) in [7, 11) is 1.62. The number of hydrogen-bond acceptors (Lipinski definition) is 4. The third-order valence-corrected chi connectivity index (χ3v) is 5.48. The SMILES string of the molecule is CCOc1cc2occ(-c3ccccc3)c2cc1/C(C)=C/C(=O)NCc1ccccc1OC. The van der Waals surface area contributed by atoms with E-state index in [9.17, 15) is 4.79 Å². The first-order valence-corrected chi connectivity index (χ1v) is 10.9. The average molecular weight is 442 g/mol. The van der Waals surface area contributed by atoms with Gasteiger partial charge in [-0.05, 0) is 37.1 Å². The van der Waals surface area contributed by atoms with Crippen molar-refractivity contribution in [2.45, 2.75) is 20.4 Å². The Bertz CT molecular complexity index is 1290. The summed E-state index contributed by atoms with van der Waals surface area (Å²) in [4.78, 5) is 12.7. The van der Waals surface area contributed by atoms with Crippen LogP contribution in [-0.4, -0.2) is 19.6 Å². The summed E-state index contributed by atoms with van der Waals surface area (Å²) in [6.07, 6.45) is 3.36. The molecule has 0 fully saturated rings. The number of ether oxygens (including phenoxy) is 2. The Labute approximate surface area is 193 Å². The molecule has 4 rings (SSSR count). The molecule has 0 saturated heterocycles. The zero-order valence-electron chi connectivity index (χ0n) is 19.1. The highest BCUT2D eigenvalue weighted by Crippen LogP contribution is 2.37. The van der Waals surface area contributed by atoms with Gasteiger partial charge in [-0.25, -0.2) is 0 Å². The van der Waals surface area contributed by atoms with E-state index >= 15 is 0 Å². The topological polar surface area (TPSA) is 60.7 Å². The van der Waals surface area contributed by atoms with E-state index in [2.05, 4.69) is 17.4 Å². The molecule has 1 amide bonds. The third-order valence-electron chi connectivity index (χ3n) is 5.48. The monoisotopic (exact) mass is 441 g/mol. The molecule has 0 aliphatic rings. The van der Waals surface area contributed by atoms with Crippen LogP contribution < -0.4 is 14.8 Å². The van der Waals surface area contributed by atoms with Gasteiger partial charge in [-0.3, -0.25) is 4.79 Å². The van der Waals surface area contributed by atoms with Crippen LogP contribution in [0.2, 0.25) is 0 Å². The van der Waals surface area contributed by atoms with Crippen molar-refractivity contribution in [2.24, 2.45) is 0 Å². The van der Waals surface area contributed by atoms with E-state index in [-0.39, 0.29) is 5.91 Å². The van der Waals surface area contributed by atoms with Gasteiger partial charge in [-0.1, -0.05) is 48.5 Å². The van der Waals surface area contributed by atoms with Gasteiger partial charge in [0.15, 0.2) is 0 Å². The summed E-state index contributed by atoms with van der Waals surface area (Å²) in [6.45, 7) is 4.74. The van der Waals surface area contributed by atoms with E-state index in [1.54, 1.807) is 19.4 Å². The largest absolute Gasteiger partial charge is 0.496 e. The van der Waals surface area contributed by atoms with Crippen LogP contribution in [0.3, 0.4) is 0 Å². The summed E-state index contributed by atoms with van der Waals surface area (Å²) in [5, 5.41) is 3.91. The molecule has 1 N–H and O–H groups in total. The van der Waals surface area contributed by atoms with Crippen molar-refractivity contribution in [3.05, 3.63) is 90.2 Å². The molecular weight excluding hydrogens is 414 g/mol. The molecule has 0 atom stereocenters. The van der Waals surface area contributed by atoms with Crippen LogP contribution in [0.5, 0.6) is 11.5 Å². The Morgan fingerprint density at radius 3 is 2.55 bits per heavy atom. The van der Waals surface area contributed by atoms with Crippen LogP contribution >= 0.6 is 0 Å². The highest BCUT2D eigenvalue weighted by atomic mass is 16.5. The molecule has 0 unspecified atom stereocenters. The summed E-state index contributed by atoms with van der Waals surface area (Å²) in [5.74, 6) is 1.25. The van der Waals surface area contributed by atoms with Crippen molar-refractivity contribution >= 4 is 22.4 Å². The van der Waals surface area contributed by atoms with Crippen LogP contribution in [0.15, 0.2) is 83.5 Å². The van der Waals surface area contributed by atoms with Crippen LogP contribution in [-0.2, 0) is 11.3 Å². The molecule has 33 heavy (non-hydrogen) atoms. The van der Waals surface area contributed by atoms with Crippen molar-refractivity contribution in [3.8, 4) is 22.6 Å². The normalized spacial score (nSPS) is 11.4. The van der Waals surface area contributed by atoms with Crippen molar-refractivity contribution in [1.82, 2.24) is 5.32 Å². The van der Waals surface area contributed by atoms with Crippen LogP contribution in [0.1, 0.15) is 25.0 Å². The van der Waals surface area contributed by atoms with Gasteiger partial charge in [0.25, 0.3) is 0 Å². The lowest BCUT2D eigenvalue weighted by Crippen LogP contribution is -2.21. The molecule has 1 heterocycles. The number of fused-ring (bicyclic) bond motifs is 1. The van der Waals surface area contributed by atoms with E-state index in [4.69, 9.17) is 13.9 Å². The molecule has 0 aliphatic heterocycles. The minimum absolute atomic E-state index is 0.184. The van der Waals surface area contributed by atoms with Gasteiger partial charge in [0.05, 0.1) is 20.0 Å². The molecule has 3 aromatic carbocycles. The maximum Gasteiger partial charge on any atom is 0.244 e. The minimum atomic E-state index is -0.184. The van der Waals surface area contributed by atoms with Gasteiger partial charge in [-0.15, -0.1) is 0 Å². The van der Waals surface area contributed by atoms with E-state index < -0.39 is 0 Å². The number of rotatable bonds is 8. The highest BCUT2D eigenvalue weighted by molar-refractivity contribution is 6.00. The zero-order chi connectivity index (χ0) is 23.2. The Morgan fingerprint density at radius 2 is 1.79 bits per heavy atom. The first kappa shape index (κ1) is 22.2. The molecule has 1 aromatic heterocycles. The molecule has 168 valence electrons. The van der Waals surface area contributed by atoms with Gasteiger partial charge in [-0.2, -0.15) is 0 Å². The molecule has 4 aromatic rings. The van der Waals surface area contributed by atoms with Crippen molar-refractivity contribution < 1.29 is 18.7 Å². The van der Waals surface area contributed by atoms with Crippen LogP contribution in [0.4, 0.5) is 0 Å². The summed E-state index contributed by atoms with van der Waals surface area (Å²) < 4.78 is 17.1. The molecule has 0 saturated carbocycles. The lowest BCUT2D eigenvalue weighted by atomic mass is 9.99. The Hall–Kier alpha value is -3.99. The fourth-order valence-electron chi connectivity index (χ4n) is 3.84. The number of methoxy groups -OCH3 is 1. The summed E-state index contributed by atoms with van der Waals surface area (Å²) >= 11 is 0. The summed E-state index contributed by atoms with van der Waals surface area (Å²) in [5.41, 5.74) is 5.40. The van der Waals surface area contributed by atoms with Crippen molar-refractivity contribution in [3.63, 3.8) is 0 Å². The molecule has 5 nitrogen and oxygen atoms in total. The summed E-state index contributed by atoms with van der Waals surface area (Å²) in [6, 6.07) is 21.6. The lowest BCUT2D eigenvalue weighted by molar-refractivity contribution is -0.116. The number of amides is 1. The van der Waals surface area contributed by atoms with Gasteiger partial charge >= 0.3 is 0 Å². The Kier molecular flexibility index (Phi) is 6.79. The maximum absolute atomic E-state index is 12.7. The third kappa shape index (κ3) is 4.93. The number of furan rings is 1. The van der Waals surface area contributed by atoms with Crippen molar-refractivity contribution in [1.29, 1.82) is 0 Å². The first-order valence-electron chi connectivity index (χ1n) is 10.9. The first-order chi connectivity index (χ1) is 16.1. The molecule has 0 aliphatic carbocycles. The predicted molar refractivity (Wildman–Crippen MR) is 131 cm³/mol. The second kappa shape index (κ2) is 10.1. The molecule has 5 heteroatoms. The molecule has 0 radical (unpaired) electrons. The number of carbonyl (C=O) groups is 1. The number of para-hydroxylation sites is 1. The Morgan fingerprint density at radius 1 is 1.03 bits per heavy atom. The number of hydrogen-bond donors (Lipinski definition) is 1. The Balaban J connectivity index is 1.64. The zero-order valence-corrected chi connectivity index (χ0v) is 19.1. The van der Waals surface area contributed by atoms with E-state index in [0.29, 0.717) is 18.9 Å². The second-order valence-corrected chi connectivity index (χ2v) is 7.65. The van der Waals surface area contributed by atoms with Crippen molar-refractivity contribution in [2.75, 3.05) is 13.7 Å². The van der Waals surface area contributed by atoms with Crippen LogP contribution in [0, 0.1) is 0 Å². The fourth-order valence-corrected chi connectivity index (χ4v) is 3.84. The number of allylic oxidation sites excluding steroid dienone is 1. The number of benzene rings is 3.